The molecule has 0 N–H and O–H groups in total. The Hall–Kier alpha value is -2.10. The molecule has 2 heterocycles. The number of carbonyl (C=O) groups is 1. The van der Waals surface area contributed by atoms with Crippen LogP contribution in [0.1, 0.15) is 57.3 Å². The number of aromatic nitrogens is 1. The normalized spacial score (nSPS) is 18.7. The molecule has 1 atom stereocenters. The van der Waals surface area contributed by atoms with E-state index in [4.69, 9.17) is 9.72 Å². The third-order valence-corrected chi connectivity index (χ3v) is 4.42. The van der Waals surface area contributed by atoms with E-state index in [0.29, 0.717) is 0 Å². The standard InChI is InChI=1S/C20H26N2O2/c1-14-13-17(21-16-10-6-5-9-15(14)16)18-11-7-8-12-22(18)19(23)24-20(2,3)4/h5-6,9-10,13,18H,7-8,11-12H2,1-4H3. The summed E-state index contributed by atoms with van der Waals surface area (Å²) in [4.78, 5) is 19.3. The van der Waals surface area contributed by atoms with E-state index in [2.05, 4.69) is 19.1 Å². The number of hydrogen-bond acceptors (Lipinski definition) is 3. The maximum atomic E-state index is 12.6. The summed E-state index contributed by atoms with van der Waals surface area (Å²) in [7, 11) is 0. The summed E-state index contributed by atoms with van der Waals surface area (Å²) in [6, 6.07) is 10.3. The first-order chi connectivity index (χ1) is 11.3. The molecule has 2 aromatic rings. The zero-order valence-electron chi connectivity index (χ0n) is 15.0. The summed E-state index contributed by atoms with van der Waals surface area (Å²) < 4.78 is 5.61. The maximum Gasteiger partial charge on any atom is 0.410 e. The second-order valence-corrected chi connectivity index (χ2v) is 7.57. The van der Waals surface area contributed by atoms with Gasteiger partial charge in [-0.1, -0.05) is 18.2 Å². The van der Waals surface area contributed by atoms with Gasteiger partial charge in [-0.3, -0.25) is 9.88 Å². The summed E-state index contributed by atoms with van der Waals surface area (Å²) >= 11 is 0. The summed E-state index contributed by atoms with van der Waals surface area (Å²) in [5.74, 6) is 0. The van der Waals surface area contributed by atoms with E-state index < -0.39 is 5.60 Å². The highest BCUT2D eigenvalue weighted by Crippen LogP contribution is 2.33. The number of piperidine rings is 1. The zero-order valence-corrected chi connectivity index (χ0v) is 15.0. The predicted octanol–water partition coefficient (Wildman–Crippen LogP) is 5.01. The number of hydrogen-bond donors (Lipinski definition) is 0. The molecular formula is C20H26N2O2. The second-order valence-electron chi connectivity index (χ2n) is 7.57. The molecule has 1 fully saturated rings. The van der Waals surface area contributed by atoms with E-state index in [1.165, 1.54) is 10.9 Å². The van der Waals surface area contributed by atoms with Gasteiger partial charge in [0.15, 0.2) is 0 Å². The minimum atomic E-state index is -0.480. The largest absolute Gasteiger partial charge is 0.444 e. The van der Waals surface area contributed by atoms with Crippen molar-refractivity contribution in [3.63, 3.8) is 0 Å². The smallest absolute Gasteiger partial charge is 0.410 e. The first-order valence-electron chi connectivity index (χ1n) is 8.71. The fraction of sp³-hybridized carbons (Fsp3) is 0.500. The number of benzene rings is 1. The first-order valence-corrected chi connectivity index (χ1v) is 8.71. The number of ether oxygens (including phenoxy) is 1. The van der Waals surface area contributed by atoms with Gasteiger partial charge in [0.1, 0.15) is 5.60 Å². The molecule has 0 saturated carbocycles. The molecule has 4 nitrogen and oxygen atoms in total. The van der Waals surface area contributed by atoms with Gasteiger partial charge in [0.25, 0.3) is 0 Å². The molecule has 1 amide bonds. The molecule has 1 unspecified atom stereocenters. The van der Waals surface area contributed by atoms with E-state index in [0.717, 1.165) is 37.0 Å². The highest BCUT2D eigenvalue weighted by atomic mass is 16.6. The Bertz CT molecular complexity index is 749. The lowest BCUT2D eigenvalue weighted by Gasteiger charge is -2.36. The van der Waals surface area contributed by atoms with Gasteiger partial charge < -0.3 is 4.74 Å². The maximum absolute atomic E-state index is 12.6. The molecule has 24 heavy (non-hydrogen) atoms. The number of likely N-dealkylation sites (tertiary alicyclic amines) is 1. The Morgan fingerprint density at radius 1 is 1.25 bits per heavy atom. The molecule has 1 aliphatic rings. The van der Waals surface area contributed by atoms with Crippen LogP contribution in [0.25, 0.3) is 10.9 Å². The van der Waals surface area contributed by atoms with E-state index in [-0.39, 0.29) is 12.1 Å². The summed E-state index contributed by atoms with van der Waals surface area (Å²) in [6.45, 7) is 8.55. The zero-order chi connectivity index (χ0) is 17.3. The summed E-state index contributed by atoms with van der Waals surface area (Å²) in [5, 5.41) is 1.17. The number of pyridine rings is 1. The van der Waals surface area contributed by atoms with Gasteiger partial charge in [-0.15, -0.1) is 0 Å². The van der Waals surface area contributed by atoms with Crippen molar-refractivity contribution in [2.24, 2.45) is 0 Å². The Labute approximate surface area is 143 Å². The third-order valence-electron chi connectivity index (χ3n) is 4.42. The molecule has 1 saturated heterocycles. The van der Waals surface area contributed by atoms with E-state index in [9.17, 15) is 4.79 Å². The highest BCUT2D eigenvalue weighted by Gasteiger charge is 2.32. The molecule has 3 rings (SSSR count). The molecule has 0 radical (unpaired) electrons. The minimum Gasteiger partial charge on any atom is -0.444 e. The Morgan fingerprint density at radius 2 is 2.00 bits per heavy atom. The van der Waals surface area contributed by atoms with Crippen LogP contribution < -0.4 is 0 Å². The minimum absolute atomic E-state index is 0.00286. The van der Waals surface area contributed by atoms with Crippen LogP contribution in [0.5, 0.6) is 0 Å². The van der Waals surface area contributed by atoms with Gasteiger partial charge in [0.2, 0.25) is 0 Å². The van der Waals surface area contributed by atoms with Crippen molar-refractivity contribution in [1.29, 1.82) is 0 Å². The van der Waals surface area contributed by atoms with Gasteiger partial charge in [-0.25, -0.2) is 4.79 Å². The molecule has 128 valence electrons. The average molecular weight is 326 g/mol. The fourth-order valence-corrected chi connectivity index (χ4v) is 3.32. The summed E-state index contributed by atoms with van der Waals surface area (Å²) in [6.07, 6.45) is 2.82. The van der Waals surface area contributed by atoms with Crippen molar-refractivity contribution < 1.29 is 9.53 Å². The lowest BCUT2D eigenvalue weighted by Crippen LogP contribution is -2.42. The van der Waals surface area contributed by atoms with E-state index in [1.54, 1.807) is 0 Å². The number of carbonyl (C=O) groups excluding carboxylic acids is 1. The van der Waals surface area contributed by atoms with Crippen molar-refractivity contribution in [3.05, 3.63) is 41.6 Å². The van der Waals surface area contributed by atoms with Crippen LogP contribution in [0.3, 0.4) is 0 Å². The van der Waals surface area contributed by atoms with Crippen molar-refractivity contribution in [3.8, 4) is 0 Å². The number of para-hydroxylation sites is 1. The number of nitrogens with zero attached hydrogens (tertiary/aromatic N) is 2. The fourth-order valence-electron chi connectivity index (χ4n) is 3.32. The van der Waals surface area contributed by atoms with Crippen molar-refractivity contribution in [2.45, 2.75) is 58.6 Å². The van der Waals surface area contributed by atoms with Crippen LogP contribution in [-0.2, 0) is 4.74 Å². The molecule has 1 aromatic carbocycles. The molecule has 0 bridgehead atoms. The Kier molecular flexibility index (Phi) is 4.48. The lowest BCUT2D eigenvalue weighted by atomic mass is 9.97. The number of amides is 1. The highest BCUT2D eigenvalue weighted by molar-refractivity contribution is 5.82. The average Bonchev–Trinajstić information content (AvgIpc) is 2.53. The predicted molar refractivity (Wildman–Crippen MR) is 96.0 cm³/mol. The van der Waals surface area contributed by atoms with Gasteiger partial charge in [-0.2, -0.15) is 0 Å². The van der Waals surface area contributed by atoms with Crippen LogP contribution in [-0.4, -0.2) is 28.1 Å². The molecule has 1 aromatic heterocycles. The van der Waals surface area contributed by atoms with Crippen LogP contribution in [0, 0.1) is 6.92 Å². The molecule has 0 spiro atoms. The van der Waals surface area contributed by atoms with Crippen LogP contribution >= 0.6 is 0 Å². The van der Waals surface area contributed by atoms with Gasteiger partial charge >= 0.3 is 6.09 Å². The molecule has 4 heteroatoms. The Morgan fingerprint density at radius 3 is 2.75 bits per heavy atom. The lowest BCUT2D eigenvalue weighted by molar-refractivity contribution is 0.00903. The van der Waals surface area contributed by atoms with Crippen LogP contribution in [0.2, 0.25) is 0 Å². The SMILES string of the molecule is Cc1cc(C2CCCCN2C(=O)OC(C)(C)C)nc2ccccc12. The van der Waals surface area contributed by atoms with E-state index in [1.807, 2.05) is 43.9 Å². The van der Waals surface area contributed by atoms with Crippen LogP contribution in [0.4, 0.5) is 4.79 Å². The van der Waals surface area contributed by atoms with E-state index >= 15 is 0 Å². The molecule has 0 aliphatic carbocycles. The van der Waals surface area contributed by atoms with Gasteiger partial charge in [0.05, 0.1) is 17.3 Å². The monoisotopic (exact) mass is 326 g/mol. The van der Waals surface area contributed by atoms with Crippen molar-refractivity contribution >= 4 is 17.0 Å². The number of fused-ring (bicyclic) bond motifs is 1. The van der Waals surface area contributed by atoms with Crippen LogP contribution in [0.15, 0.2) is 30.3 Å². The second kappa shape index (κ2) is 6.42. The third kappa shape index (κ3) is 3.53. The molecule has 1 aliphatic heterocycles. The Balaban J connectivity index is 1.94. The van der Waals surface area contributed by atoms with Gasteiger partial charge in [-0.05, 0) is 64.7 Å². The first kappa shape index (κ1) is 16.7. The van der Waals surface area contributed by atoms with Crippen molar-refractivity contribution in [1.82, 2.24) is 9.88 Å². The molecular weight excluding hydrogens is 300 g/mol. The topological polar surface area (TPSA) is 42.4 Å². The number of rotatable bonds is 1. The number of aryl methyl sites for hydroxylation is 1. The summed E-state index contributed by atoms with van der Waals surface area (Å²) in [5.41, 5.74) is 2.68. The van der Waals surface area contributed by atoms with Crippen molar-refractivity contribution in [2.75, 3.05) is 6.54 Å². The quantitative estimate of drug-likeness (QED) is 0.740. The van der Waals surface area contributed by atoms with Gasteiger partial charge in [0, 0.05) is 11.9 Å².